The van der Waals surface area contributed by atoms with Crippen LogP contribution >= 0.6 is 0 Å². The van der Waals surface area contributed by atoms with Gasteiger partial charge in [-0.3, -0.25) is 9.98 Å². The standard InChI is InChI=1S/C26H22N4/c1-18-6-9-26-23(14-18)22-4-2-3-5-25(22)30(26)21(8-7-19-16-29-17-19)15-24(27)20-10-12-28-13-11-20/h2-6,8-17H,7,27H2,1H3/b21-8+,24-15-. The lowest BCUT2D eigenvalue weighted by Gasteiger charge is -2.12. The number of rotatable bonds is 5. The van der Waals surface area contributed by atoms with Gasteiger partial charge in [0, 0.05) is 52.5 Å². The Hall–Kier alpha value is -3.92. The van der Waals surface area contributed by atoms with E-state index in [1.807, 2.05) is 24.5 Å². The van der Waals surface area contributed by atoms with Crippen LogP contribution < -0.4 is 5.73 Å². The number of aryl methyl sites for hydroxylation is 1. The molecule has 0 saturated carbocycles. The van der Waals surface area contributed by atoms with Crippen LogP contribution in [0, 0.1) is 6.92 Å². The van der Waals surface area contributed by atoms with Gasteiger partial charge in [0.15, 0.2) is 0 Å². The minimum absolute atomic E-state index is 0.706. The third kappa shape index (κ3) is 3.22. The van der Waals surface area contributed by atoms with Crippen molar-refractivity contribution in [2.24, 2.45) is 10.7 Å². The summed E-state index contributed by atoms with van der Waals surface area (Å²) >= 11 is 0. The van der Waals surface area contributed by atoms with Crippen molar-refractivity contribution in [1.29, 1.82) is 0 Å². The number of aliphatic imine (C=N–C) groups is 1. The van der Waals surface area contributed by atoms with E-state index in [4.69, 9.17) is 5.73 Å². The Morgan fingerprint density at radius 3 is 2.53 bits per heavy atom. The maximum absolute atomic E-state index is 6.51. The molecule has 4 nitrogen and oxygen atoms in total. The smallest absolute Gasteiger partial charge is 0.0541 e. The van der Waals surface area contributed by atoms with E-state index in [-0.39, 0.29) is 0 Å². The monoisotopic (exact) mass is 390 g/mol. The van der Waals surface area contributed by atoms with Crippen LogP contribution in [0.1, 0.15) is 17.5 Å². The fourth-order valence-electron chi connectivity index (χ4n) is 3.87. The zero-order chi connectivity index (χ0) is 20.5. The molecule has 4 aromatic rings. The maximum Gasteiger partial charge on any atom is 0.0541 e. The molecule has 0 amide bonds. The lowest BCUT2D eigenvalue weighted by molar-refractivity contribution is 1.19. The van der Waals surface area contributed by atoms with Gasteiger partial charge >= 0.3 is 0 Å². The fourth-order valence-corrected chi connectivity index (χ4v) is 3.87. The number of benzene rings is 2. The van der Waals surface area contributed by atoms with Crippen molar-refractivity contribution in [3.8, 4) is 0 Å². The normalized spacial score (nSPS) is 14.2. The molecule has 0 radical (unpaired) electrons. The van der Waals surface area contributed by atoms with Gasteiger partial charge < -0.3 is 10.3 Å². The highest BCUT2D eigenvalue weighted by Crippen LogP contribution is 2.33. The Morgan fingerprint density at radius 1 is 1.00 bits per heavy atom. The molecule has 2 N–H and O–H groups in total. The first-order valence-corrected chi connectivity index (χ1v) is 10.0. The van der Waals surface area contributed by atoms with Gasteiger partial charge in [-0.1, -0.05) is 35.9 Å². The van der Waals surface area contributed by atoms with Crippen LogP contribution in [0.5, 0.6) is 0 Å². The molecule has 2 aromatic heterocycles. The van der Waals surface area contributed by atoms with E-state index < -0.39 is 0 Å². The highest BCUT2D eigenvalue weighted by Gasteiger charge is 2.13. The van der Waals surface area contributed by atoms with Crippen molar-refractivity contribution in [3.05, 3.63) is 102 Å². The minimum atomic E-state index is 0.706. The van der Waals surface area contributed by atoms with E-state index in [1.54, 1.807) is 12.4 Å². The predicted octanol–water partition coefficient (Wildman–Crippen LogP) is 5.70. The van der Waals surface area contributed by atoms with Crippen molar-refractivity contribution >= 4 is 39.4 Å². The SMILES string of the molecule is Cc1ccc2c(c1)c1ccccc1n2C(/C=C(\N)c1ccncc1)=C/CC1=CN=C1. The van der Waals surface area contributed by atoms with Crippen molar-refractivity contribution in [2.75, 3.05) is 0 Å². The number of nitrogens with zero attached hydrogens (tertiary/aromatic N) is 3. The summed E-state index contributed by atoms with van der Waals surface area (Å²) in [7, 11) is 0. The molecule has 1 aliphatic heterocycles. The summed E-state index contributed by atoms with van der Waals surface area (Å²) in [6.07, 6.45) is 12.4. The number of pyridine rings is 1. The van der Waals surface area contributed by atoms with Crippen molar-refractivity contribution in [2.45, 2.75) is 13.3 Å². The van der Waals surface area contributed by atoms with Gasteiger partial charge in [0.1, 0.15) is 0 Å². The van der Waals surface area contributed by atoms with Crippen LogP contribution in [0.3, 0.4) is 0 Å². The second kappa shape index (κ2) is 7.48. The van der Waals surface area contributed by atoms with E-state index in [2.05, 4.69) is 76.1 Å². The summed E-state index contributed by atoms with van der Waals surface area (Å²) in [4.78, 5) is 8.19. The highest BCUT2D eigenvalue weighted by molar-refractivity contribution is 6.10. The second-order valence-corrected chi connectivity index (χ2v) is 7.52. The molecule has 0 saturated heterocycles. The Kier molecular flexibility index (Phi) is 4.52. The number of para-hydroxylation sites is 1. The van der Waals surface area contributed by atoms with Crippen LogP contribution in [-0.2, 0) is 0 Å². The number of hydrogen-bond acceptors (Lipinski definition) is 3. The topological polar surface area (TPSA) is 56.2 Å². The minimum Gasteiger partial charge on any atom is -0.398 e. The molecule has 4 heteroatoms. The Morgan fingerprint density at radius 2 is 1.77 bits per heavy atom. The number of aromatic nitrogens is 2. The molecule has 0 bridgehead atoms. The second-order valence-electron chi connectivity index (χ2n) is 7.52. The third-order valence-electron chi connectivity index (χ3n) is 5.43. The highest BCUT2D eigenvalue weighted by atomic mass is 15.0. The van der Waals surface area contributed by atoms with E-state index in [1.165, 1.54) is 32.9 Å². The molecule has 2 aromatic carbocycles. The number of allylic oxidation sites excluding steroid dienone is 4. The summed E-state index contributed by atoms with van der Waals surface area (Å²) < 4.78 is 2.30. The molecule has 0 fully saturated rings. The summed E-state index contributed by atoms with van der Waals surface area (Å²) in [5.41, 5.74) is 14.0. The lowest BCUT2D eigenvalue weighted by atomic mass is 10.1. The van der Waals surface area contributed by atoms with Crippen LogP contribution in [0.4, 0.5) is 0 Å². The predicted molar refractivity (Wildman–Crippen MR) is 126 cm³/mol. The third-order valence-corrected chi connectivity index (χ3v) is 5.43. The van der Waals surface area contributed by atoms with E-state index in [0.717, 1.165) is 17.7 Å². The summed E-state index contributed by atoms with van der Waals surface area (Å²) in [6.45, 7) is 2.13. The Bertz CT molecular complexity index is 1370. The molecule has 0 atom stereocenters. The molecule has 1 aliphatic rings. The maximum atomic E-state index is 6.51. The number of fused-ring (bicyclic) bond motifs is 3. The van der Waals surface area contributed by atoms with Crippen LogP contribution in [-0.4, -0.2) is 15.8 Å². The van der Waals surface area contributed by atoms with Gasteiger partial charge in [-0.05, 0) is 55.3 Å². The van der Waals surface area contributed by atoms with Gasteiger partial charge in [0.25, 0.3) is 0 Å². The van der Waals surface area contributed by atoms with Crippen LogP contribution in [0.25, 0.3) is 33.2 Å². The lowest BCUT2D eigenvalue weighted by Crippen LogP contribution is -2.02. The first kappa shape index (κ1) is 18.1. The van der Waals surface area contributed by atoms with Gasteiger partial charge in [-0.15, -0.1) is 0 Å². The zero-order valence-corrected chi connectivity index (χ0v) is 16.8. The Labute approximate surface area is 175 Å². The summed E-state index contributed by atoms with van der Waals surface area (Å²) in [6, 6.07) is 19.0. The van der Waals surface area contributed by atoms with Crippen LogP contribution in [0.15, 0.2) is 95.9 Å². The molecular formula is C26H22N4. The van der Waals surface area contributed by atoms with Gasteiger partial charge in [-0.2, -0.15) is 0 Å². The molecule has 3 heterocycles. The molecule has 30 heavy (non-hydrogen) atoms. The van der Waals surface area contributed by atoms with Crippen molar-refractivity contribution < 1.29 is 0 Å². The van der Waals surface area contributed by atoms with Crippen molar-refractivity contribution in [3.63, 3.8) is 0 Å². The molecular weight excluding hydrogens is 368 g/mol. The molecule has 0 spiro atoms. The quantitative estimate of drug-likeness (QED) is 0.445. The molecule has 0 unspecified atom stereocenters. The van der Waals surface area contributed by atoms with E-state index in [0.29, 0.717) is 5.70 Å². The van der Waals surface area contributed by atoms with Gasteiger partial charge in [0.05, 0.1) is 11.0 Å². The van der Waals surface area contributed by atoms with E-state index in [9.17, 15) is 0 Å². The van der Waals surface area contributed by atoms with Gasteiger partial charge in [0.2, 0.25) is 0 Å². The first-order chi connectivity index (χ1) is 14.7. The number of nitrogens with two attached hydrogens (primary N) is 1. The first-order valence-electron chi connectivity index (χ1n) is 10.0. The summed E-state index contributed by atoms with van der Waals surface area (Å²) in [5, 5.41) is 2.49. The zero-order valence-electron chi connectivity index (χ0n) is 16.8. The van der Waals surface area contributed by atoms with Crippen LogP contribution in [0.2, 0.25) is 0 Å². The molecule has 0 aliphatic carbocycles. The number of hydrogen-bond donors (Lipinski definition) is 1. The van der Waals surface area contributed by atoms with E-state index >= 15 is 0 Å². The average Bonchev–Trinajstić information content (AvgIpc) is 3.06. The van der Waals surface area contributed by atoms with Crippen molar-refractivity contribution in [1.82, 2.24) is 9.55 Å². The molecule has 146 valence electrons. The summed E-state index contributed by atoms with van der Waals surface area (Å²) in [5.74, 6) is 0. The fraction of sp³-hybridized carbons (Fsp3) is 0.0769. The average molecular weight is 390 g/mol. The van der Waals surface area contributed by atoms with Gasteiger partial charge in [-0.25, -0.2) is 0 Å². The largest absolute Gasteiger partial charge is 0.398 e. The Balaban J connectivity index is 1.74. The molecule has 5 rings (SSSR count).